The van der Waals surface area contributed by atoms with Gasteiger partial charge in [0.05, 0.1) is 27.7 Å². The number of ether oxygens (including phenoxy) is 4. The number of quaternary nitrogens is 1. The summed E-state index contributed by atoms with van der Waals surface area (Å²) in [5.41, 5.74) is 1.41. The number of hydrogen-bond acceptors (Lipinski definition) is 9. The predicted octanol–water partition coefficient (Wildman–Crippen LogP) is 8.33. The van der Waals surface area contributed by atoms with Crippen molar-refractivity contribution in [1.82, 2.24) is 0 Å². The number of aryl methyl sites for hydroxylation is 1. The summed E-state index contributed by atoms with van der Waals surface area (Å²) in [6, 6.07) is 20.0. The van der Waals surface area contributed by atoms with Crippen molar-refractivity contribution in [1.29, 1.82) is 0 Å². The van der Waals surface area contributed by atoms with Crippen LogP contribution in [0.15, 0.2) is 54.6 Å². The fourth-order valence-corrected chi connectivity index (χ4v) is 7.23. The number of nitrogens with zero attached hydrogens (tertiary/aromatic N) is 1. The van der Waals surface area contributed by atoms with Crippen LogP contribution < -0.4 is 0 Å². The van der Waals surface area contributed by atoms with E-state index in [1.54, 1.807) is 0 Å². The summed E-state index contributed by atoms with van der Waals surface area (Å²) in [5.74, 6) is -0.982. The molecule has 0 heterocycles. The number of methoxy groups -OCH3 is 2. The Balaban J connectivity index is 1.13. The predicted molar refractivity (Wildman–Crippen MR) is 208 cm³/mol. The molecule has 53 heavy (non-hydrogen) atoms. The van der Waals surface area contributed by atoms with Crippen LogP contribution in [-0.4, -0.2) is 95.4 Å². The van der Waals surface area contributed by atoms with Crippen molar-refractivity contribution in [2.24, 2.45) is 0 Å². The Morgan fingerprint density at radius 2 is 1.32 bits per heavy atom. The summed E-state index contributed by atoms with van der Waals surface area (Å²) in [7, 11) is 4.39. The minimum Gasteiger partial charge on any atom is -0.462 e. The molecule has 0 bridgehead atoms. The highest BCUT2D eigenvalue weighted by atomic mass is 31.2. The molecule has 12 heteroatoms. The molecule has 1 N–H and O–H groups in total. The van der Waals surface area contributed by atoms with Crippen molar-refractivity contribution < 1.29 is 51.5 Å². The molecule has 4 aromatic rings. The van der Waals surface area contributed by atoms with Gasteiger partial charge < -0.3 is 28.3 Å². The first-order valence-electron chi connectivity index (χ1n) is 18.9. The lowest BCUT2D eigenvalue weighted by molar-refractivity contribution is -0.870. The van der Waals surface area contributed by atoms with E-state index in [1.807, 2.05) is 21.1 Å². The number of phosphoric acid groups is 1. The van der Waals surface area contributed by atoms with Gasteiger partial charge in [0.25, 0.3) is 0 Å². The van der Waals surface area contributed by atoms with E-state index in [-0.39, 0.29) is 26.1 Å². The molecule has 0 saturated carbocycles. The van der Waals surface area contributed by atoms with E-state index >= 15 is 0 Å². The zero-order valence-corrected chi connectivity index (χ0v) is 33.1. The lowest BCUT2D eigenvalue weighted by Crippen LogP contribution is -2.37. The van der Waals surface area contributed by atoms with Gasteiger partial charge in [0.1, 0.15) is 19.8 Å². The molecule has 0 fully saturated rings. The Hall–Kier alpha value is -3.15. The van der Waals surface area contributed by atoms with Gasteiger partial charge in [-0.25, -0.2) is 4.57 Å². The molecular formula is C41H59NO10P+. The largest absolute Gasteiger partial charge is 0.472 e. The fourth-order valence-electron chi connectivity index (χ4n) is 6.49. The van der Waals surface area contributed by atoms with Crippen LogP contribution in [0, 0.1) is 0 Å². The van der Waals surface area contributed by atoms with Crippen molar-refractivity contribution in [3.8, 4) is 0 Å². The molecule has 0 amide bonds. The number of rotatable bonds is 26. The number of hydrogen-bond donors (Lipinski definition) is 1. The summed E-state index contributed by atoms with van der Waals surface area (Å²) in [5, 5.41) is 7.98. The Morgan fingerprint density at radius 1 is 0.717 bits per heavy atom. The lowest BCUT2D eigenvalue weighted by atomic mass is 9.90. The average Bonchev–Trinajstić information content (AvgIpc) is 3.12. The number of carbonyl (C=O) groups is 2. The van der Waals surface area contributed by atoms with E-state index in [0.717, 1.165) is 44.9 Å². The maximum absolute atomic E-state index is 12.5. The number of phosphoric ester groups is 1. The standard InChI is InChI=1S/C41H58NO10P/c1-42(2,3)27-28-50-53(45,46)51-30-35(52-38(44)19-14-20-39(47-4)48-5)29-49-37(43)18-12-10-8-6-7-9-11-15-31-21-22-34-24-23-32-16-13-17-33-25-26-36(31)41(34)40(32)33/h13,16-17,21-26,35,39H,6-12,14-15,18-20,27-30H2,1-5H3/p+1/t35-/m1/s1. The van der Waals surface area contributed by atoms with Crippen molar-refractivity contribution in [2.45, 2.75) is 89.4 Å². The van der Waals surface area contributed by atoms with Gasteiger partial charge in [0.15, 0.2) is 12.4 Å². The van der Waals surface area contributed by atoms with Crippen molar-refractivity contribution in [3.63, 3.8) is 0 Å². The maximum atomic E-state index is 12.5. The monoisotopic (exact) mass is 756 g/mol. The molecule has 4 rings (SSSR count). The van der Waals surface area contributed by atoms with Crippen molar-refractivity contribution in [3.05, 3.63) is 60.2 Å². The zero-order chi connectivity index (χ0) is 38.3. The number of unbranched alkanes of at least 4 members (excludes halogenated alkanes) is 6. The number of benzene rings is 4. The third-order valence-corrected chi connectivity index (χ3v) is 10.4. The molecule has 0 spiro atoms. The highest BCUT2D eigenvalue weighted by Crippen LogP contribution is 2.43. The van der Waals surface area contributed by atoms with E-state index in [9.17, 15) is 19.0 Å². The van der Waals surface area contributed by atoms with Gasteiger partial charge in [0, 0.05) is 27.1 Å². The van der Waals surface area contributed by atoms with Gasteiger partial charge in [-0.3, -0.25) is 18.6 Å². The minimum atomic E-state index is -4.41. The van der Waals surface area contributed by atoms with Gasteiger partial charge in [-0.05, 0) is 70.0 Å². The van der Waals surface area contributed by atoms with E-state index in [0.29, 0.717) is 30.3 Å². The van der Waals surface area contributed by atoms with Gasteiger partial charge >= 0.3 is 19.8 Å². The summed E-state index contributed by atoms with van der Waals surface area (Å²) in [6.07, 6.45) is 7.94. The summed E-state index contributed by atoms with van der Waals surface area (Å²) in [4.78, 5) is 35.2. The van der Waals surface area contributed by atoms with Crippen LogP contribution in [-0.2, 0) is 48.6 Å². The van der Waals surface area contributed by atoms with Gasteiger partial charge in [-0.15, -0.1) is 0 Å². The second-order valence-electron chi connectivity index (χ2n) is 14.8. The molecule has 2 atom stereocenters. The Kier molecular flexibility index (Phi) is 16.9. The fraction of sp³-hybridized carbons (Fsp3) is 0.561. The highest BCUT2D eigenvalue weighted by Gasteiger charge is 2.27. The second-order valence-corrected chi connectivity index (χ2v) is 16.2. The summed E-state index contributed by atoms with van der Waals surface area (Å²) < 4.78 is 44.3. The van der Waals surface area contributed by atoms with Gasteiger partial charge in [-0.2, -0.15) is 0 Å². The first-order valence-corrected chi connectivity index (χ1v) is 20.4. The molecule has 4 aromatic carbocycles. The lowest BCUT2D eigenvalue weighted by Gasteiger charge is -2.24. The first kappa shape index (κ1) is 42.6. The van der Waals surface area contributed by atoms with Crippen molar-refractivity contribution >= 4 is 52.1 Å². The van der Waals surface area contributed by atoms with Crippen LogP contribution in [0.4, 0.5) is 0 Å². The first-order chi connectivity index (χ1) is 25.4. The smallest absolute Gasteiger partial charge is 0.462 e. The zero-order valence-electron chi connectivity index (χ0n) is 32.2. The molecule has 0 radical (unpaired) electrons. The SMILES string of the molecule is COC(CCCC(=O)O[C@H](COC(=O)CCCCCCCCCc1ccc2ccc3cccc4ccc1c2c34)COP(=O)(O)OCC[N+](C)(C)C)OC. The summed E-state index contributed by atoms with van der Waals surface area (Å²) >= 11 is 0. The van der Waals surface area contributed by atoms with Crippen LogP contribution >= 0.6 is 7.82 Å². The van der Waals surface area contributed by atoms with Gasteiger partial charge in [0.2, 0.25) is 0 Å². The number of esters is 2. The van der Waals surface area contributed by atoms with Crippen LogP contribution in [0.25, 0.3) is 32.3 Å². The average molecular weight is 757 g/mol. The molecule has 11 nitrogen and oxygen atoms in total. The van der Waals surface area contributed by atoms with Crippen molar-refractivity contribution in [2.75, 3.05) is 61.7 Å². The molecule has 0 aliphatic carbocycles. The number of likely N-dealkylation sites (N-methyl/N-ethyl adjacent to an activating group) is 1. The van der Waals surface area contributed by atoms with Crippen LogP contribution in [0.5, 0.6) is 0 Å². The Bertz CT molecular complexity index is 1750. The molecular weight excluding hydrogens is 697 g/mol. The molecule has 0 aliphatic rings. The molecule has 0 aliphatic heterocycles. The number of carbonyl (C=O) groups excluding carboxylic acids is 2. The third-order valence-electron chi connectivity index (χ3n) is 9.46. The molecule has 292 valence electrons. The third kappa shape index (κ3) is 14.2. The normalized spacial score (nSPS) is 13.9. The Labute approximate surface area is 314 Å². The van der Waals surface area contributed by atoms with E-state index in [4.69, 9.17) is 28.0 Å². The molecule has 1 unspecified atom stereocenters. The van der Waals surface area contributed by atoms with Crippen LogP contribution in [0.2, 0.25) is 0 Å². The second kappa shape index (κ2) is 21.1. The van der Waals surface area contributed by atoms with E-state index in [2.05, 4.69) is 54.6 Å². The maximum Gasteiger partial charge on any atom is 0.472 e. The highest BCUT2D eigenvalue weighted by molar-refractivity contribution is 7.47. The topological polar surface area (TPSA) is 127 Å². The quantitative estimate of drug-likeness (QED) is 0.0167. The van der Waals surface area contributed by atoms with Gasteiger partial charge in [-0.1, -0.05) is 86.7 Å². The summed E-state index contributed by atoms with van der Waals surface area (Å²) in [6.45, 7) is -0.280. The molecule has 0 saturated heterocycles. The Morgan fingerprint density at radius 3 is 2.00 bits per heavy atom. The van der Waals surface area contributed by atoms with E-state index in [1.165, 1.54) is 52.1 Å². The van der Waals surface area contributed by atoms with Crippen LogP contribution in [0.1, 0.15) is 76.2 Å². The van der Waals surface area contributed by atoms with Crippen LogP contribution in [0.3, 0.4) is 0 Å². The minimum absolute atomic E-state index is 0.000678. The molecule has 0 aromatic heterocycles. The van der Waals surface area contributed by atoms with E-state index < -0.39 is 38.8 Å².